The molecule has 1 aromatic carbocycles. The van der Waals surface area contributed by atoms with Gasteiger partial charge in [0.25, 0.3) is 5.91 Å². The van der Waals surface area contributed by atoms with Crippen molar-refractivity contribution < 1.29 is 32.6 Å². The molecule has 0 aliphatic carbocycles. The Morgan fingerprint density at radius 3 is 2.33 bits per heavy atom. The summed E-state index contributed by atoms with van der Waals surface area (Å²) in [4.78, 5) is 22.2. The quantitative estimate of drug-likeness (QED) is 0.873. The van der Waals surface area contributed by atoms with Gasteiger partial charge < -0.3 is 15.2 Å². The highest BCUT2D eigenvalue weighted by Crippen LogP contribution is 2.36. The first-order valence-corrected chi connectivity index (χ1v) is 5.99. The van der Waals surface area contributed by atoms with E-state index in [2.05, 4.69) is 5.32 Å². The van der Waals surface area contributed by atoms with Gasteiger partial charge >= 0.3 is 12.1 Å². The molecule has 0 saturated carbocycles. The van der Waals surface area contributed by atoms with Crippen LogP contribution in [0.5, 0.6) is 5.75 Å². The second kappa shape index (κ2) is 6.47. The summed E-state index contributed by atoms with van der Waals surface area (Å²) in [6.07, 6.45) is -5.88. The van der Waals surface area contributed by atoms with E-state index in [0.717, 1.165) is 12.1 Å². The summed E-state index contributed by atoms with van der Waals surface area (Å²) >= 11 is 0. The highest BCUT2D eigenvalue weighted by molar-refractivity contribution is 5.86. The normalized spacial score (nSPS) is 14.1. The van der Waals surface area contributed by atoms with Gasteiger partial charge in [0.1, 0.15) is 11.8 Å². The molecule has 116 valence electrons. The van der Waals surface area contributed by atoms with E-state index >= 15 is 0 Å². The predicted molar refractivity (Wildman–Crippen MR) is 66.8 cm³/mol. The Labute approximate surface area is 118 Å². The van der Waals surface area contributed by atoms with Crippen molar-refractivity contribution in [2.24, 2.45) is 0 Å². The molecule has 5 nitrogen and oxygen atoms in total. The van der Waals surface area contributed by atoms with Crippen molar-refractivity contribution in [2.75, 3.05) is 0 Å². The number of alkyl halides is 3. The summed E-state index contributed by atoms with van der Waals surface area (Å²) in [6, 6.07) is 3.30. The Hall–Kier alpha value is -2.25. The molecule has 1 amide bonds. The smallest absolute Gasteiger partial charge is 0.419 e. The summed E-state index contributed by atoms with van der Waals surface area (Å²) in [6.45, 7) is 2.47. The van der Waals surface area contributed by atoms with Crippen LogP contribution in [-0.2, 0) is 15.8 Å². The van der Waals surface area contributed by atoms with Crippen molar-refractivity contribution in [3.05, 3.63) is 29.8 Å². The van der Waals surface area contributed by atoms with Gasteiger partial charge in [-0.05, 0) is 26.0 Å². The van der Waals surface area contributed by atoms with Crippen LogP contribution in [0.15, 0.2) is 24.3 Å². The third kappa shape index (κ3) is 4.66. The van der Waals surface area contributed by atoms with Crippen LogP contribution in [0, 0.1) is 0 Å². The van der Waals surface area contributed by atoms with Gasteiger partial charge in [-0.3, -0.25) is 9.59 Å². The number of amides is 1. The fourth-order valence-electron chi connectivity index (χ4n) is 1.44. The molecular formula is C13H14F3NO4. The van der Waals surface area contributed by atoms with E-state index in [1.54, 1.807) is 0 Å². The summed E-state index contributed by atoms with van der Waals surface area (Å²) in [7, 11) is 0. The lowest BCUT2D eigenvalue weighted by molar-refractivity contribution is -0.143. The average Bonchev–Trinajstić information content (AvgIpc) is 2.37. The molecule has 0 radical (unpaired) electrons. The Balaban J connectivity index is 2.82. The first kappa shape index (κ1) is 16.8. The molecule has 0 aliphatic rings. The molecule has 1 unspecified atom stereocenters. The standard InChI is InChI=1S/C13H14F3NO4/c1-7(12(19)20)17-11(18)8(2)21-10-6-4-3-5-9(10)13(14,15)16/h3-8H,1-2H3,(H,17,18)(H,19,20)/t7-,8?/m0/s1. The second-order valence-electron chi connectivity index (χ2n) is 4.32. The van der Waals surface area contributed by atoms with Crippen LogP contribution in [0.1, 0.15) is 19.4 Å². The van der Waals surface area contributed by atoms with Gasteiger partial charge in [-0.1, -0.05) is 12.1 Å². The minimum Gasteiger partial charge on any atom is -0.480 e. The molecule has 0 aliphatic heterocycles. The van der Waals surface area contributed by atoms with Gasteiger partial charge in [-0.2, -0.15) is 13.2 Å². The Bertz CT molecular complexity index is 530. The lowest BCUT2D eigenvalue weighted by Gasteiger charge is -2.19. The number of carbonyl (C=O) groups excluding carboxylic acids is 1. The minimum atomic E-state index is -4.61. The average molecular weight is 305 g/mol. The fourth-order valence-corrected chi connectivity index (χ4v) is 1.44. The molecule has 0 saturated heterocycles. The number of benzene rings is 1. The maximum Gasteiger partial charge on any atom is 0.419 e. The number of carbonyl (C=O) groups is 2. The van der Waals surface area contributed by atoms with Crippen molar-refractivity contribution >= 4 is 11.9 Å². The van der Waals surface area contributed by atoms with Gasteiger partial charge in [0, 0.05) is 0 Å². The van der Waals surface area contributed by atoms with Crippen LogP contribution in [0.25, 0.3) is 0 Å². The SMILES string of the molecule is CC(Oc1ccccc1C(F)(F)F)C(=O)N[C@@H](C)C(=O)O. The predicted octanol–water partition coefficient (Wildman–Crippen LogP) is 2.06. The minimum absolute atomic E-state index is 0.490. The zero-order valence-corrected chi connectivity index (χ0v) is 11.3. The number of para-hydroxylation sites is 1. The monoisotopic (exact) mass is 305 g/mol. The first-order chi connectivity index (χ1) is 9.62. The van der Waals surface area contributed by atoms with Gasteiger partial charge in [-0.15, -0.1) is 0 Å². The number of halogens is 3. The number of carboxylic acids is 1. The lowest BCUT2D eigenvalue weighted by Crippen LogP contribution is -2.44. The number of nitrogens with one attached hydrogen (secondary N) is 1. The molecular weight excluding hydrogens is 291 g/mol. The maximum absolute atomic E-state index is 12.8. The van der Waals surface area contributed by atoms with E-state index in [0.29, 0.717) is 0 Å². The number of rotatable bonds is 5. The van der Waals surface area contributed by atoms with E-state index < -0.39 is 41.5 Å². The summed E-state index contributed by atoms with van der Waals surface area (Å²) < 4.78 is 43.3. The maximum atomic E-state index is 12.8. The van der Waals surface area contributed by atoms with Gasteiger partial charge in [-0.25, -0.2) is 0 Å². The van der Waals surface area contributed by atoms with Crippen molar-refractivity contribution in [3.63, 3.8) is 0 Å². The molecule has 0 fully saturated rings. The molecule has 2 atom stereocenters. The van der Waals surface area contributed by atoms with Crippen molar-refractivity contribution in [3.8, 4) is 5.75 Å². The van der Waals surface area contributed by atoms with E-state index in [1.165, 1.54) is 26.0 Å². The van der Waals surface area contributed by atoms with E-state index in [1.807, 2.05) is 0 Å². The molecule has 2 N–H and O–H groups in total. The molecule has 0 heterocycles. The summed E-state index contributed by atoms with van der Waals surface area (Å²) in [5, 5.41) is 10.8. The summed E-state index contributed by atoms with van der Waals surface area (Å²) in [5.41, 5.74) is -1.00. The van der Waals surface area contributed by atoms with E-state index in [-0.39, 0.29) is 0 Å². The zero-order valence-electron chi connectivity index (χ0n) is 11.3. The number of ether oxygens (including phenoxy) is 1. The summed E-state index contributed by atoms with van der Waals surface area (Å²) in [5.74, 6) is -2.57. The van der Waals surface area contributed by atoms with Gasteiger partial charge in [0.2, 0.25) is 0 Å². The molecule has 21 heavy (non-hydrogen) atoms. The Morgan fingerprint density at radius 1 is 1.24 bits per heavy atom. The van der Waals surface area contributed by atoms with E-state index in [4.69, 9.17) is 9.84 Å². The van der Waals surface area contributed by atoms with Crippen LogP contribution in [-0.4, -0.2) is 29.1 Å². The third-order valence-corrected chi connectivity index (χ3v) is 2.59. The highest BCUT2D eigenvalue weighted by atomic mass is 19.4. The zero-order chi connectivity index (χ0) is 16.2. The molecule has 0 bridgehead atoms. The Morgan fingerprint density at radius 2 is 1.81 bits per heavy atom. The number of hydrogen-bond donors (Lipinski definition) is 2. The van der Waals surface area contributed by atoms with Crippen LogP contribution >= 0.6 is 0 Å². The van der Waals surface area contributed by atoms with Crippen molar-refractivity contribution in [2.45, 2.75) is 32.2 Å². The molecule has 1 rings (SSSR count). The van der Waals surface area contributed by atoms with Crippen LogP contribution in [0.4, 0.5) is 13.2 Å². The fraction of sp³-hybridized carbons (Fsp3) is 0.385. The second-order valence-corrected chi connectivity index (χ2v) is 4.32. The topological polar surface area (TPSA) is 75.6 Å². The van der Waals surface area contributed by atoms with E-state index in [9.17, 15) is 22.8 Å². The highest BCUT2D eigenvalue weighted by Gasteiger charge is 2.35. The third-order valence-electron chi connectivity index (χ3n) is 2.59. The number of carboxylic acid groups (broad SMARTS) is 1. The van der Waals surface area contributed by atoms with Gasteiger partial charge in [0.05, 0.1) is 5.56 Å². The van der Waals surface area contributed by atoms with Crippen molar-refractivity contribution in [1.29, 1.82) is 0 Å². The van der Waals surface area contributed by atoms with Crippen LogP contribution < -0.4 is 10.1 Å². The van der Waals surface area contributed by atoms with Crippen LogP contribution in [0.2, 0.25) is 0 Å². The number of hydrogen-bond acceptors (Lipinski definition) is 3. The van der Waals surface area contributed by atoms with Crippen molar-refractivity contribution in [1.82, 2.24) is 5.32 Å². The number of aliphatic carboxylic acids is 1. The molecule has 0 spiro atoms. The lowest BCUT2D eigenvalue weighted by atomic mass is 10.2. The Kier molecular flexibility index (Phi) is 5.17. The van der Waals surface area contributed by atoms with Crippen LogP contribution in [0.3, 0.4) is 0 Å². The van der Waals surface area contributed by atoms with Gasteiger partial charge in [0.15, 0.2) is 6.10 Å². The largest absolute Gasteiger partial charge is 0.480 e. The molecule has 1 aromatic rings. The first-order valence-electron chi connectivity index (χ1n) is 5.99. The molecule has 0 aromatic heterocycles. The molecule has 8 heteroatoms.